The summed E-state index contributed by atoms with van der Waals surface area (Å²) < 4.78 is 6.46. The second-order valence-corrected chi connectivity index (χ2v) is 6.82. The van der Waals surface area contributed by atoms with Crippen LogP contribution in [0.3, 0.4) is 0 Å². The number of aryl methyl sites for hydroxylation is 1. The first kappa shape index (κ1) is 13.7. The quantitative estimate of drug-likeness (QED) is 0.832. The predicted octanol–water partition coefficient (Wildman–Crippen LogP) is 5.09. The summed E-state index contributed by atoms with van der Waals surface area (Å²) in [6, 6.07) is 7.98. The average Bonchev–Trinajstić information content (AvgIpc) is 2.76. The Morgan fingerprint density at radius 1 is 1.39 bits per heavy atom. The molecule has 2 aromatic rings. The van der Waals surface area contributed by atoms with Crippen LogP contribution in [0.2, 0.25) is 5.02 Å². The molecule has 1 heterocycles. The van der Waals surface area contributed by atoms with Gasteiger partial charge in [-0.1, -0.05) is 11.6 Å². The molecule has 0 aliphatic rings. The van der Waals surface area contributed by atoms with Crippen molar-refractivity contribution in [3.8, 4) is 5.75 Å². The van der Waals surface area contributed by atoms with Gasteiger partial charge in [-0.05, 0) is 46.6 Å². The van der Waals surface area contributed by atoms with E-state index >= 15 is 0 Å². The molecule has 1 aromatic heterocycles. The number of thiophene rings is 1. The number of rotatable bonds is 4. The summed E-state index contributed by atoms with van der Waals surface area (Å²) in [5.74, 6) is 0.765. The predicted molar refractivity (Wildman–Crippen MR) is 82.1 cm³/mol. The van der Waals surface area contributed by atoms with Gasteiger partial charge in [-0.3, -0.25) is 0 Å². The summed E-state index contributed by atoms with van der Waals surface area (Å²) in [4.78, 5) is 1.26. The second-order valence-electron chi connectivity index (χ2n) is 3.86. The third-order valence-electron chi connectivity index (χ3n) is 2.56. The fraction of sp³-hybridized carbons (Fsp3) is 0.231. The minimum atomic E-state index is 0.719. The van der Waals surface area contributed by atoms with Crippen LogP contribution >= 0.6 is 38.9 Å². The molecular formula is C13H13BrClNOS. The Morgan fingerprint density at radius 3 is 2.78 bits per heavy atom. The van der Waals surface area contributed by atoms with E-state index < -0.39 is 0 Å². The SMILES string of the molecule is COc1cc(Cl)c(C)cc1NCc1ccc(Br)s1. The fourth-order valence-electron chi connectivity index (χ4n) is 1.60. The van der Waals surface area contributed by atoms with Crippen LogP contribution in [-0.4, -0.2) is 7.11 Å². The Morgan fingerprint density at radius 2 is 2.17 bits per heavy atom. The molecule has 0 fully saturated rings. The lowest BCUT2D eigenvalue weighted by molar-refractivity contribution is 0.416. The highest BCUT2D eigenvalue weighted by Gasteiger charge is 2.07. The molecule has 0 aliphatic heterocycles. The summed E-state index contributed by atoms with van der Waals surface area (Å²) in [6.45, 7) is 2.75. The summed E-state index contributed by atoms with van der Waals surface area (Å²) >= 11 is 11.2. The van der Waals surface area contributed by atoms with E-state index in [1.54, 1.807) is 18.4 Å². The molecule has 2 rings (SSSR count). The first-order valence-electron chi connectivity index (χ1n) is 5.42. The topological polar surface area (TPSA) is 21.3 Å². The van der Waals surface area contributed by atoms with Crippen molar-refractivity contribution in [2.45, 2.75) is 13.5 Å². The number of methoxy groups -OCH3 is 1. The molecule has 0 saturated carbocycles. The van der Waals surface area contributed by atoms with E-state index in [9.17, 15) is 0 Å². The van der Waals surface area contributed by atoms with Crippen LogP contribution in [0.15, 0.2) is 28.1 Å². The summed E-state index contributed by atoms with van der Waals surface area (Å²) in [5, 5.41) is 4.09. The molecule has 0 radical (unpaired) electrons. The van der Waals surface area contributed by atoms with Crippen LogP contribution in [0.5, 0.6) is 5.75 Å². The van der Waals surface area contributed by atoms with E-state index in [0.29, 0.717) is 0 Å². The van der Waals surface area contributed by atoms with E-state index in [-0.39, 0.29) is 0 Å². The highest BCUT2D eigenvalue weighted by atomic mass is 79.9. The highest BCUT2D eigenvalue weighted by Crippen LogP contribution is 2.32. The van der Waals surface area contributed by atoms with Gasteiger partial charge in [-0.2, -0.15) is 0 Å². The van der Waals surface area contributed by atoms with Crippen LogP contribution < -0.4 is 10.1 Å². The minimum Gasteiger partial charge on any atom is -0.495 e. The number of benzene rings is 1. The zero-order valence-corrected chi connectivity index (χ0v) is 13.2. The van der Waals surface area contributed by atoms with Crippen molar-refractivity contribution in [1.29, 1.82) is 0 Å². The molecule has 0 atom stereocenters. The van der Waals surface area contributed by atoms with Crippen molar-refractivity contribution >= 4 is 44.6 Å². The van der Waals surface area contributed by atoms with Gasteiger partial charge in [0.05, 0.1) is 16.6 Å². The fourth-order valence-corrected chi connectivity index (χ4v) is 3.18. The third kappa shape index (κ3) is 3.19. The third-order valence-corrected chi connectivity index (χ3v) is 4.59. The average molecular weight is 347 g/mol. The zero-order valence-electron chi connectivity index (χ0n) is 10.1. The Bertz CT molecular complexity index is 556. The van der Waals surface area contributed by atoms with Gasteiger partial charge in [0.15, 0.2) is 0 Å². The van der Waals surface area contributed by atoms with Crippen molar-refractivity contribution in [2.24, 2.45) is 0 Å². The molecule has 0 spiro atoms. The number of halogens is 2. The van der Waals surface area contributed by atoms with E-state index in [0.717, 1.165) is 32.4 Å². The van der Waals surface area contributed by atoms with Crippen molar-refractivity contribution < 1.29 is 4.74 Å². The van der Waals surface area contributed by atoms with E-state index in [1.807, 2.05) is 25.1 Å². The Hall–Kier alpha value is -0.710. The zero-order chi connectivity index (χ0) is 13.1. The first-order valence-corrected chi connectivity index (χ1v) is 7.41. The molecule has 1 N–H and O–H groups in total. The molecule has 0 aliphatic carbocycles. The van der Waals surface area contributed by atoms with Gasteiger partial charge in [-0.15, -0.1) is 11.3 Å². The number of hydrogen-bond donors (Lipinski definition) is 1. The van der Waals surface area contributed by atoms with Gasteiger partial charge in [-0.25, -0.2) is 0 Å². The maximum Gasteiger partial charge on any atom is 0.143 e. The van der Waals surface area contributed by atoms with Crippen LogP contribution in [0.4, 0.5) is 5.69 Å². The number of hydrogen-bond acceptors (Lipinski definition) is 3. The standard InChI is InChI=1S/C13H13BrClNOS/c1-8-5-11(12(17-2)6-10(8)15)16-7-9-3-4-13(14)18-9/h3-6,16H,7H2,1-2H3. The highest BCUT2D eigenvalue weighted by molar-refractivity contribution is 9.11. The van der Waals surface area contributed by atoms with Gasteiger partial charge in [0.25, 0.3) is 0 Å². The number of anilines is 1. The number of nitrogens with one attached hydrogen (secondary N) is 1. The van der Waals surface area contributed by atoms with Crippen molar-refractivity contribution in [3.05, 3.63) is 43.5 Å². The van der Waals surface area contributed by atoms with E-state index in [2.05, 4.69) is 27.3 Å². The van der Waals surface area contributed by atoms with Crippen LogP contribution in [0.1, 0.15) is 10.4 Å². The molecule has 2 nitrogen and oxygen atoms in total. The molecule has 18 heavy (non-hydrogen) atoms. The lowest BCUT2D eigenvalue weighted by Crippen LogP contribution is -2.00. The van der Waals surface area contributed by atoms with Crippen molar-refractivity contribution in [2.75, 3.05) is 12.4 Å². The molecule has 96 valence electrons. The van der Waals surface area contributed by atoms with Crippen LogP contribution in [-0.2, 0) is 6.54 Å². The van der Waals surface area contributed by atoms with Gasteiger partial charge in [0.2, 0.25) is 0 Å². The Balaban J connectivity index is 2.15. The molecule has 1 aromatic carbocycles. The summed E-state index contributed by atoms with van der Waals surface area (Å²) in [7, 11) is 1.65. The largest absolute Gasteiger partial charge is 0.495 e. The molecule has 0 bridgehead atoms. The lowest BCUT2D eigenvalue weighted by atomic mass is 10.2. The van der Waals surface area contributed by atoms with Gasteiger partial charge < -0.3 is 10.1 Å². The lowest BCUT2D eigenvalue weighted by Gasteiger charge is -2.12. The van der Waals surface area contributed by atoms with Gasteiger partial charge in [0.1, 0.15) is 5.75 Å². The molecule has 0 unspecified atom stereocenters. The van der Waals surface area contributed by atoms with E-state index in [4.69, 9.17) is 16.3 Å². The Kier molecular flexibility index (Phi) is 4.54. The number of ether oxygens (including phenoxy) is 1. The van der Waals surface area contributed by atoms with Crippen molar-refractivity contribution in [1.82, 2.24) is 0 Å². The monoisotopic (exact) mass is 345 g/mol. The summed E-state index contributed by atoms with van der Waals surface area (Å²) in [5.41, 5.74) is 2.00. The first-order chi connectivity index (χ1) is 8.60. The normalized spacial score (nSPS) is 10.4. The van der Waals surface area contributed by atoms with Gasteiger partial charge >= 0.3 is 0 Å². The smallest absolute Gasteiger partial charge is 0.143 e. The molecule has 0 saturated heterocycles. The second kappa shape index (κ2) is 5.95. The summed E-state index contributed by atoms with van der Waals surface area (Å²) in [6.07, 6.45) is 0. The Labute approximate surface area is 124 Å². The maximum absolute atomic E-state index is 6.07. The van der Waals surface area contributed by atoms with Crippen LogP contribution in [0, 0.1) is 6.92 Å². The molecular weight excluding hydrogens is 334 g/mol. The van der Waals surface area contributed by atoms with E-state index in [1.165, 1.54) is 4.88 Å². The maximum atomic E-state index is 6.07. The van der Waals surface area contributed by atoms with Crippen molar-refractivity contribution in [3.63, 3.8) is 0 Å². The molecule has 0 amide bonds. The van der Waals surface area contributed by atoms with Gasteiger partial charge in [0, 0.05) is 22.5 Å². The molecule has 5 heteroatoms. The minimum absolute atomic E-state index is 0.719. The van der Waals surface area contributed by atoms with Crippen LogP contribution in [0.25, 0.3) is 0 Å².